The van der Waals surface area contributed by atoms with E-state index in [4.69, 9.17) is 0 Å². The van der Waals surface area contributed by atoms with Crippen molar-refractivity contribution in [2.75, 3.05) is 12.3 Å². The molecule has 1 aliphatic rings. The van der Waals surface area contributed by atoms with Crippen molar-refractivity contribution >= 4 is 17.7 Å². The van der Waals surface area contributed by atoms with Gasteiger partial charge < -0.3 is 4.90 Å². The topological polar surface area (TPSA) is 20.3 Å². The molecule has 1 fully saturated rings. The smallest absolute Gasteiger partial charge is 0.235 e. The van der Waals surface area contributed by atoms with Crippen LogP contribution in [0.4, 0.5) is 0 Å². The number of hydrogen-bond acceptors (Lipinski definition) is 2. The van der Waals surface area contributed by atoms with E-state index in [-0.39, 0.29) is 5.25 Å². The standard InChI is InChI=1S/C15H29NOS/c1-5-6-10-18-14(4)15(17)16-11-12(2)8-7-9-13(16)3/h12-14H,5-11H2,1-4H3/t12-,13+,14-/m1/s1. The Morgan fingerprint density at radius 1 is 1.39 bits per heavy atom. The van der Waals surface area contributed by atoms with Crippen molar-refractivity contribution in [1.29, 1.82) is 0 Å². The molecule has 1 heterocycles. The minimum absolute atomic E-state index is 0.129. The summed E-state index contributed by atoms with van der Waals surface area (Å²) in [6.45, 7) is 9.71. The van der Waals surface area contributed by atoms with Crippen LogP contribution in [0.5, 0.6) is 0 Å². The van der Waals surface area contributed by atoms with Gasteiger partial charge in [0.15, 0.2) is 0 Å². The number of hydrogen-bond donors (Lipinski definition) is 0. The summed E-state index contributed by atoms with van der Waals surface area (Å²) in [4.78, 5) is 14.6. The third-order valence-electron chi connectivity index (χ3n) is 3.86. The maximum absolute atomic E-state index is 12.5. The van der Waals surface area contributed by atoms with Gasteiger partial charge >= 0.3 is 0 Å². The van der Waals surface area contributed by atoms with Crippen LogP contribution in [0.1, 0.15) is 59.8 Å². The van der Waals surface area contributed by atoms with Gasteiger partial charge in [-0.15, -0.1) is 11.8 Å². The first-order valence-electron chi connectivity index (χ1n) is 7.48. The highest BCUT2D eigenvalue weighted by Gasteiger charge is 2.28. The number of nitrogens with zero attached hydrogens (tertiary/aromatic N) is 1. The highest BCUT2D eigenvalue weighted by Crippen LogP contribution is 2.24. The number of unbranched alkanes of at least 4 members (excludes halogenated alkanes) is 1. The quantitative estimate of drug-likeness (QED) is 0.706. The van der Waals surface area contributed by atoms with Crippen LogP contribution in [-0.4, -0.2) is 34.4 Å². The molecular weight excluding hydrogens is 242 g/mol. The Labute approximate surface area is 117 Å². The van der Waals surface area contributed by atoms with Gasteiger partial charge in [0, 0.05) is 12.6 Å². The van der Waals surface area contributed by atoms with Crippen molar-refractivity contribution in [3.05, 3.63) is 0 Å². The second kappa shape index (κ2) is 8.08. The molecule has 18 heavy (non-hydrogen) atoms. The van der Waals surface area contributed by atoms with Crippen LogP contribution < -0.4 is 0 Å². The van der Waals surface area contributed by atoms with Crippen LogP contribution in [0.25, 0.3) is 0 Å². The molecule has 1 rings (SSSR count). The van der Waals surface area contributed by atoms with Gasteiger partial charge in [0.05, 0.1) is 5.25 Å². The van der Waals surface area contributed by atoms with E-state index in [0.717, 1.165) is 12.3 Å². The fraction of sp³-hybridized carbons (Fsp3) is 0.933. The average Bonchev–Trinajstić information content (AvgIpc) is 2.50. The van der Waals surface area contributed by atoms with Gasteiger partial charge in [-0.05, 0) is 44.8 Å². The maximum Gasteiger partial charge on any atom is 0.235 e. The molecule has 1 aliphatic heterocycles. The molecular formula is C15H29NOS. The molecule has 2 nitrogen and oxygen atoms in total. The van der Waals surface area contributed by atoms with Gasteiger partial charge in [0.2, 0.25) is 5.91 Å². The number of thioether (sulfide) groups is 1. The zero-order chi connectivity index (χ0) is 13.5. The summed E-state index contributed by atoms with van der Waals surface area (Å²) in [5, 5.41) is 0.129. The van der Waals surface area contributed by atoms with E-state index in [1.54, 1.807) is 0 Å². The van der Waals surface area contributed by atoms with E-state index in [2.05, 4.69) is 32.6 Å². The molecule has 3 atom stereocenters. The second-order valence-electron chi connectivity index (χ2n) is 5.74. The minimum Gasteiger partial charge on any atom is -0.339 e. The summed E-state index contributed by atoms with van der Waals surface area (Å²) in [5.41, 5.74) is 0. The molecule has 1 amide bonds. The van der Waals surface area contributed by atoms with Crippen LogP contribution in [0.2, 0.25) is 0 Å². The first-order chi connectivity index (χ1) is 8.56. The molecule has 0 unspecified atom stereocenters. The van der Waals surface area contributed by atoms with Crippen molar-refractivity contribution in [2.45, 2.75) is 71.1 Å². The highest BCUT2D eigenvalue weighted by atomic mass is 32.2. The lowest BCUT2D eigenvalue weighted by atomic mass is 10.1. The molecule has 106 valence electrons. The molecule has 0 saturated carbocycles. The molecule has 0 aromatic carbocycles. The van der Waals surface area contributed by atoms with E-state index < -0.39 is 0 Å². The molecule has 3 heteroatoms. The third-order valence-corrected chi connectivity index (χ3v) is 5.08. The number of carbonyl (C=O) groups is 1. The Morgan fingerprint density at radius 3 is 2.78 bits per heavy atom. The Morgan fingerprint density at radius 2 is 2.11 bits per heavy atom. The Bertz CT molecular complexity index is 257. The predicted molar refractivity (Wildman–Crippen MR) is 81.0 cm³/mol. The van der Waals surface area contributed by atoms with Crippen molar-refractivity contribution in [1.82, 2.24) is 4.90 Å². The molecule has 1 saturated heterocycles. The predicted octanol–water partition coefficient (Wildman–Crippen LogP) is 3.95. The summed E-state index contributed by atoms with van der Waals surface area (Å²) in [5.74, 6) is 2.13. The van der Waals surface area contributed by atoms with E-state index in [1.807, 2.05) is 11.8 Å². The SMILES string of the molecule is CCCCS[C@H](C)C(=O)N1C[C@H](C)CCC[C@@H]1C. The lowest BCUT2D eigenvalue weighted by Crippen LogP contribution is -2.43. The highest BCUT2D eigenvalue weighted by molar-refractivity contribution is 8.00. The lowest BCUT2D eigenvalue weighted by molar-refractivity contribution is -0.132. The average molecular weight is 271 g/mol. The van der Waals surface area contributed by atoms with Gasteiger partial charge in [-0.2, -0.15) is 0 Å². The molecule has 0 aromatic heterocycles. The molecule has 0 bridgehead atoms. The van der Waals surface area contributed by atoms with Crippen LogP contribution in [-0.2, 0) is 4.79 Å². The first-order valence-corrected chi connectivity index (χ1v) is 8.53. The molecule has 0 aliphatic carbocycles. The summed E-state index contributed by atoms with van der Waals surface area (Å²) in [7, 11) is 0. The van der Waals surface area contributed by atoms with Crippen LogP contribution in [0, 0.1) is 5.92 Å². The molecule has 0 spiro atoms. The van der Waals surface area contributed by atoms with Gasteiger partial charge in [-0.1, -0.05) is 26.7 Å². The van der Waals surface area contributed by atoms with Crippen molar-refractivity contribution in [3.8, 4) is 0 Å². The van der Waals surface area contributed by atoms with Crippen LogP contribution in [0.3, 0.4) is 0 Å². The number of likely N-dealkylation sites (tertiary alicyclic amines) is 1. The third kappa shape index (κ3) is 4.83. The molecule has 0 N–H and O–H groups in total. The summed E-state index contributed by atoms with van der Waals surface area (Å²) in [6, 6.07) is 0.427. The first kappa shape index (κ1) is 15.9. The fourth-order valence-corrected chi connectivity index (χ4v) is 3.63. The van der Waals surface area contributed by atoms with Crippen LogP contribution in [0.15, 0.2) is 0 Å². The monoisotopic (exact) mass is 271 g/mol. The lowest BCUT2D eigenvalue weighted by Gasteiger charge is -2.31. The molecule has 0 radical (unpaired) electrons. The Kier molecular flexibility index (Phi) is 7.13. The van der Waals surface area contributed by atoms with Gasteiger partial charge in [0.1, 0.15) is 0 Å². The van der Waals surface area contributed by atoms with Gasteiger partial charge in [0.25, 0.3) is 0 Å². The van der Waals surface area contributed by atoms with Gasteiger partial charge in [-0.25, -0.2) is 0 Å². The number of amides is 1. The number of rotatable bonds is 5. The summed E-state index contributed by atoms with van der Waals surface area (Å²) < 4.78 is 0. The summed E-state index contributed by atoms with van der Waals surface area (Å²) in [6.07, 6.45) is 6.14. The largest absolute Gasteiger partial charge is 0.339 e. The Balaban J connectivity index is 2.51. The summed E-state index contributed by atoms with van der Waals surface area (Å²) >= 11 is 1.82. The van der Waals surface area contributed by atoms with Crippen molar-refractivity contribution in [2.24, 2.45) is 5.92 Å². The zero-order valence-electron chi connectivity index (χ0n) is 12.4. The van der Waals surface area contributed by atoms with Gasteiger partial charge in [-0.3, -0.25) is 4.79 Å². The number of carbonyl (C=O) groups excluding carboxylic acids is 1. The maximum atomic E-state index is 12.5. The molecule has 0 aromatic rings. The van der Waals surface area contributed by atoms with Crippen molar-refractivity contribution in [3.63, 3.8) is 0 Å². The normalized spacial score (nSPS) is 26.8. The van der Waals surface area contributed by atoms with E-state index in [1.165, 1.54) is 32.1 Å². The van der Waals surface area contributed by atoms with E-state index in [9.17, 15) is 4.79 Å². The fourth-order valence-electron chi connectivity index (χ4n) is 2.54. The minimum atomic E-state index is 0.129. The van der Waals surface area contributed by atoms with Crippen LogP contribution >= 0.6 is 11.8 Å². The van der Waals surface area contributed by atoms with E-state index >= 15 is 0 Å². The Hall–Kier alpha value is -0.180. The second-order valence-corrected chi connectivity index (χ2v) is 7.19. The van der Waals surface area contributed by atoms with E-state index in [0.29, 0.717) is 17.9 Å². The van der Waals surface area contributed by atoms with Crippen molar-refractivity contribution < 1.29 is 4.79 Å². The zero-order valence-corrected chi connectivity index (χ0v) is 13.3.